The Kier molecular flexibility index (Phi) is 6.72. The summed E-state index contributed by atoms with van der Waals surface area (Å²) in [6, 6.07) is 0.587. The predicted octanol–water partition coefficient (Wildman–Crippen LogP) is 3.18. The van der Waals surface area contributed by atoms with E-state index < -0.39 is 5.60 Å². The van der Waals surface area contributed by atoms with E-state index in [4.69, 9.17) is 9.47 Å². The second kappa shape index (κ2) is 8.34. The summed E-state index contributed by atoms with van der Waals surface area (Å²) in [7, 11) is 0. The van der Waals surface area contributed by atoms with E-state index in [2.05, 4.69) is 12.2 Å². The number of rotatable bonds is 4. The van der Waals surface area contributed by atoms with Crippen molar-refractivity contribution in [2.45, 2.75) is 77.5 Å². The lowest BCUT2D eigenvalue weighted by molar-refractivity contribution is 0.0111. The molecule has 5 heteroatoms. The molecule has 2 rings (SSSR count). The minimum Gasteiger partial charge on any atom is -0.444 e. The molecule has 0 radical (unpaired) electrons. The van der Waals surface area contributed by atoms with Crippen LogP contribution in [-0.4, -0.2) is 55.0 Å². The zero-order valence-corrected chi connectivity index (χ0v) is 15.3. The molecule has 1 amide bonds. The van der Waals surface area contributed by atoms with Gasteiger partial charge >= 0.3 is 6.09 Å². The van der Waals surface area contributed by atoms with Crippen molar-refractivity contribution in [2.75, 3.05) is 26.2 Å². The van der Waals surface area contributed by atoms with Gasteiger partial charge in [-0.3, -0.25) is 0 Å². The van der Waals surface area contributed by atoms with Crippen LogP contribution in [0.3, 0.4) is 0 Å². The first-order valence-electron chi connectivity index (χ1n) is 9.16. The Bertz CT molecular complexity index is 381. The molecule has 0 saturated carbocycles. The maximum absolute atomic E-state index is 12.2. The predicted molar refractivity (Wildman–Crippen MR) is 91.6 cm³/mol. The number of amides is 1. The standard InChI is InChI=1S/C18H34N2O3/c1-14-12-16(8-11-22-14)19-9-7-15-6-5-10-20(13-15)17(21)23-18(2,3)4/h14-16,19H,5-13H2,1-4H3. The molecule has 1 N–H and O–H groups in total. The van der Waals surface area contributed by atoms with E-state index in [-0.39, 0.29) is 6.09 Å². The Morgan fingerprint density at radius 3 is 2.83 bits per heavy atom. The van der Waals surface area contributed by atoms with Gasteiger partial charge in [-0.05, 0) is 72.3 Å². The average Bonchev–Trinajstić information content (AvgIpc) is 2.46. The third-order valence-electron chi connectivity index (χ3n) is 4.64. The first kappa shape index (κ1) is 18.5. The van der Waals surface area contributed by atoms with Crippen LogP contribution in [0, 0.1) is 5.92 Å². The summed E-state index contributed by atoms with van der Waals surface area (Å²) in [6.07, 6.45) is 5.86. The molecule has 0 aromatic rings. The fourth-order valence-electron chi connectivity index (χ4n) is 3.47. The van der Waals surface area contributed by atoms with Crippen LogP contribution in [0.2, 0.25) is 0 Å². The summed E-state index contributed by atoms with van der Waals surface area (Å²) in [6.45, 7) is 11.5. The van der Waals surface area contributed by atoms with E-state index in [1.165, 1.54) is 6.42 Å². The Morgan fingerprint density at radius 1 is 1.35 bits per heavy atom. The maximum atomic E-state index is 12.2. The number of hydrogen-bond donors (Lipinski definition) is 1. The molecule has 5 nitrogen and oxygen atoms in total. The molecular formula is C18H34N2O3. The maximum Gasteiger partial charge on any atom is 0.410 e. The molecule has 3 unspecified atom stereocenters. The van der Waals surface area contributed by atoms with Crippen molar-refractivity contribution >= 4 is 6.09 Å². The highest BCUT2D eigenvalue weighted by atomic mass is 16.6. The number of likely N-dealkylation sites (tertiary alicyclic amines) is 1. The van der Waals surface area contributed by atoms with Crippen molar-refractivity contribution in [2.24, 2.45) is 5.92 Å². The van der Waals surface area contributed by atoms with Crippen LogP contribution in [0.25, 0.3) is 0 Å². The number of piperidine rings is 1. The van der Waals surface area contributed by atoms with Gasteiger partial charge in [0.25, 0.3) is 0 Å². The van der Waals surface area contributed by atoms with Gasteiger partial charge in [-0.15, -0.1) is 0 Å². The highest BCUT2D eigenvalue weighted by Crippen LogP contribution is 2.22. The summed E-state index contributed by atoms with van der Waals surface area (Å²) in [5, 5.41) is 3.67. The van der Waals surface area contributed by atoms with E-state index in [0.717, 1.165) is 51.9 Å². The highest BCUT2D eigenvalue weighted by molar-refractivity contribution is 5.68. The highest BCUT2D eigenvalue weighted by Gasteiger charge is 2.27. The minimum atomic E-state index is -0.411. The van der Waals surface area contributed by atoms with Crippen LogP contribution >= 0.6 is 0 Å². The van der Waals surface area contributed by atoms with E-state index in [0.29, 0.717) is 18.1 Å². The second-order valence-electron chi connectivity index (χ2n) is 8.08. The van der Waals surface area contributed by atoms with Crippen LogP contribution in [0.4, 0.5) is 4.79 Å². The molecule has 23 heavy (non-hydrogen) atoms. The first-order valence-corrected chi connectivity index (χ1v) is 9.16. The SMILES string of the molecule is CC1CC(NCCC2CCCN(C(=O)OC(C)(C)C)C2)CCO1. The van der Waals surface area contributed by atoms with E-state index >= 15 is 0 Å². The monoisotopic (exact) mass is 326 g/mol. The summed E-state index contributed by atoms with van der Waals surface area (Å²) >= 11 is 0. The Labute approximate surface area is 141 Å². The van der Waals surface area contributed by atoms with Crippen LogP contribution in [0.5, 0.6) is 0 Å². The fraction of sp³-hybridized carbons (Fsp3) is 0.944. The number of ether oxygens (including phenoxy) is 2. The lowest BCUT2D eigenvalue weighted by Crippen LogP contribution is -2.44. The molecule has 2 saturated heterocycles. The van der Waals surface area contributed by atoms with Crippen molar-refractivity contribution in [1.29, 1.82) is 0 Å². The van der Waals surface area contributed by atoms with E-state index in [1.807, 2.05) is 25.7 Å². The van der Waals surface area contributed by atoms with Crippen LogP contribution < -0.4 is 5.32 Å². The molecule has 2 fully saturated rings. The number of carbonyl (C=O) groups excluding carboxylic acids is 1. The molecule has 2 heterocycles. The van der Waals surface area contributed by atoms with Crippen molar-refractivity contribution in [3.05, 3.63) is 0 Å². The fourth-order valence-corrected chi connectivity index (χ4v) is 3.47. The number of hydrogen-bond acceptors (Lipinski definition) is 4. The summed E-state index contributed by atoms with van der Waals surface area (Å²) in [5.74, 6) is 0.584. The Morgan fingerprint density at radius 2 is 2.13 bits per heavy atom. The van der Waals surface area contributed by atoms with Crippen molar-refractivity contribution in [3.63, 3.8) is 0 Å². The van der Waals surface area contributed by atoms with Crippen molar-refractivity contribution < 1.29 is 14.3 Å². The summed E-state index contributed by atoms with van der Waals surface area (Å²) < 4.78 is 11.1. The molecule has 0 aromatic carbocycles. The van der Waals surface area contributed by atoms with Gasteiger partial charge in [0.2, 0.25) is 0 Å². The summed E-state index contributed by atoms with van der Waals surface area (Å²) in [4.78, 5) is 14.1. The molecule has 2 aliphatic heterocycles. The van der Waals surface area contributed by atoms with Gasteiger partial charge in [-0.1, -0.05) is 0 Å². The molecule has 0 aliphatic carbocycles. The molecule has 134 valence electrons. The average molecular weight is 326 g/mol. The number of nitrogens with one attached hydrogen (secondary N) is 1. The van der Waals surface area contributed by atoms with Gasteiger partial charge in [0.15, 0.2) is 0 Å². The third kappa shape index (κ3) is 6.68. The van der Waals surface area contributed by atoms with E-state index in [1.54, 1.807) is 0 Å². The summed E-state index contributed by atoms with van der Waals surface area (Å²) in [5.41, 5.74) is -0.411. The van der Waals surface area contributed by atoms with Crippen LogP contribution in [0.1, 0.15) is 59.8 Å². The largest absolute Gasteiger partial charge is 0.444 e. The molecule has 0 aromatic heterocycles. The molecule has 3 atom stereocenters. The first-order chi connectivity index (χ1) is 10.8. The van der Waals surface area contributed by atoms with Gasteiger partial charge in [0.05, 0.1) is 6.10 Å². The number of nitrogens with zero attached hydrogens (tertiary/aromatic N) is 1. The van der Waals surface area contributed by atoms with Crippen LogP contribution in [-0.2, 0) is 9.47 Å². The Hall–Kier alpha value is -0.810. The van der Waals surface area contributed by atoms with Gasteiger partial charge in [-0.2, -0.15) is 0 Å². The van der Waals surface area contributed by atoms with Gasteiger partial charge < -0.3 is 19.7 Å². The number of carbonyl (C=O) groups is 1. The van der Waals surface area contributed by atoms with Gasteiger partial charge in [-0.25, -0.2) is 4.79 Å². The minimum absolute atomic E-state index is 0.159. The lowest BCUT2D eigenvalue weighted by atomic mass is 9.94. The third-order valence-corrected chi connectivity index (χ3v) is 4.64. The second-order valence-corrected chi connectivity index (χ2v) is 8.08. The zero-order chi connectivity index (χ0) is 16.9. The topological polar surface area (TPSA) is 50.8 Å². The van der Waals surface area contributed by atoms with Crippen molar-refractivity contribution in [1.82, 2.24) is 10.2 Å². The van der Waals surface area contributed by atoms with E-state index in [9.17, 15) is 4.79 Å². The van der Waals surface area contributed by atoms with Crippen molar-refractivity contribution in [3.8, 4) is 0 Å². The molecule has 0 bridgehead atoms. The van der Waals surface area contributed by atoms with Gasteiger partial charge in [0.1, 0.15) is 5.60 Å². The smallest absolute Gasteiger partial charge is 0.410 e. The lowest BCUT2D eigenvalue weighted by Gasteiger charge is -2.34. The van der Waals surface area contributed by atoms with Crippen LogP contribution in [0.15, 0.2) is 0 Å². The normalized spacial score (nSPS) is 29.4. The quantitative estimate of drug-likeness (QED) is 0.862. The zero-order valence-electron chi connectivity index (χ0n) is 15.3. The molecular weight excluding hydrogens is 292 g/mol. The molecule has 0 spiro atoms. The van der Waals surface area contributed by atoms with Gasteiger partial charge in [0, 0.05) is 25.7 Å². The molecule has 2 aliphatic rings. The Balaban J connectivity index is 1.68.